The molecule has 2 aromatic rings. The lowest BCUT2D eigenvalue weighted by molar-refractivity contribution is -0.155. The molecule has 0 aliphatic rings. The van der Waals surface area contributed by atoms with Crippen LogP contribution in [0.5, 0.6) is 0 Å². The van der Waals surface area contributed by atoms with E-state index in [-0.39, 0.29) is 9.79 Å². The topological polar surface area (TPSA) is 208 Å². The van der Waals surface area contributed by atoms with Crippen molar-refractivity contribution >= 4 is 56.1 Å². The summed E-state index contributed by atoms with van der Waals surface area (Å²) in [5.41, 5.74) is 1.51. The van der Waals surface area contributed by atoms with E-state index in [2.05, 4.69) is 17.8 Å². The Morgan fingerprint density at radius 2 is 0.690 bits per heavy atom. The second-order valence-electron chi connectivity index (χ2n) is 7.82. The van der Waals surface area contributed by atoms with E-state index < -0.39 is 56.1 Å². The molecule has 220 valence electrons. The molecule has 16 heteroatoms. The second-order valence-corrected chi connectivity index (χ2v) is 10.9. The van der Waals surface area contributed by atoms with Crippen LogP contribution in [0.4, 0.5) is 0 Å². The Morgan fingerprint density at radius 1 is 0.452 bits per heavy atom. The fourth-order valence-corrected chi connectivity index (χ4v) is 4.20. The first-order chi connectivity index (χ1) is 19.6. The van der Waals surface area contributed by atoms with Crippen molar-refractivity contribution in [3.63, 3.8) is 0 Å². The van der Waals surface area contributed by atoms with Crippen LogP contribution in [-0.2, 0) is 66.8 Å². The van der Waals surface area contributed by atoms with Crippen LogP contribution < -0.4 is 0 Å². The summed E-state index contributed by atoms with van der Waals surface area (Å²) in [5.74, 6) is -8.73. The molecule has 2 aromatic carbocycles. The number of carbonyl (C=O) groups excluding carboxylic acids is 6. The molecule has 0 N–H and O–H groups in total. The molecule has 0 spiro atoms. The fourth-order valence-electron chi connectivity index (χ4n) is 2.52. The van der Waals surface area contributed by atoms with Gasteiger partial charge < -0.3 is 17.8 Å². The summed E-state index contributed by atoms with van der Waals surface area (Å²) < 4.78 is 65.1. The second kappa shape index (κ2) is 14.4. The van der Waals surface area contributed by atoms with Gasteiger partial charge in [-0.05, 0) is 38.1 Å². The van der Waals surface area contributed by atoms with Gasteiger partial charge >= 0.3 is 56.1 Å². The largest absolute Gasteiger partial charge is 0.387 e. The van der Waals surface area contributed by atoms with E-state index in [1.165, 1.54) is 48.5 Å². The average Bonchev–Trinajstić information content (AvgIpc) is 2.89. The molecular weight excluding hydrogens is 600 g/mol. The molecule has 0 unspecified atom stereocenters. The van der Waals surface area contributed by atoms with E-state index in [0.29, 0.717) is 36.5 Å². The smallest absolute Gasteiger partial charge is 0.347 e. The minimum atomic E-state index is -4.47. The first kappa shape index (κ1) is 33.0. The molecule has 0 bridgehead atoms. The maximum absolute atomic E-state index is 12.0. The van der Waals surface area contributed by atoms with Crippen LogP contribution in [0.25, 0.3) is 0 Å². The predicted octanol–water partition coefficient (Wildman–Crippen LogP) is 1.28. The maximum Gasteiger partial charge on any atom is 0.347 e. The summed E-state index contributed by atoms with van der Waals surface area (Å²) in [7, 11) is -8.95. The summed E-state index contributed by atoms with van der Waals surface area (Å²) in [6.07, 6.45) is 2.25. The van der Waals surface area contributed by atoms with Crippen molar-refractivity contribution in [1.29, 1.82) is 0 Å². The molecule has 0 aromatic heterocycles. The van der Waals surface area contributed by atoms with Crippen LogP contribution in [0.3, 0.4) is 0 Å². The van der Waals surface area contributed by atoms with Crippen LogP contribution in [0, 0.1) is 13.8 Å². The molecule has 0 saturated carbocycles. The minimum absolute atomic E-state index is 0.315. The lowest BCUT2D eigenvalue weighted by atomic mass is 10.2. The summed E-state index contributed by atoms with van der Waals surface area (Å²) in [6, 6.07) is 10.7. The molecule has 0 radical (unpaired) electrons. The van der Waals surface area contributed by atoms with Gasteiger partial charge in [-0.1, -0.05) is 35.4 Å². The lowest BCUT2D eigenvalue weighted by Gasteiger charge is -2.03. The van der Waals surface area contributed by atoms with Gasteiger partial charge in [0.05, 0.1) is 0 Å². The van der Waals surface area contributed by atoms with Crippen molar-refractivity contribution in [2.45, 2.75) is 23.6 Å². The Morgan fingerprint density at radius 3 is 0.952 bits per heavy atom. The van der Waals surface area contributed by atoms with E-state index in [1.807, 2.05) is 0 Å². The first-order valence-electron chi connectivity index (χ1n) is 11.2. The third-order valence-electron chi connectivity index (χ3n) is 4.47. The number of ether oxygens (including phenoxy) is 2. The van der Waals surface area contributed by atoms with Gasteiger partial charge in [0, 0.05) is 36.5 Å². The molecular formula is C26H20O14S2. The molecule has 0 aliphatic heterocycles. The average molecular weight is 621 g/mol. The molecule has 0 aliphatic carbocycles. The Kier molecular flexibility index (Phi) is 11.3. The SMILES string of the molecule is Cc1ccc(S(=O)(=O)OC(=O)/C=C\C(=O)OC(=O)/C=C/C(=O)OC(=O)/C=C\C(=O)OS(=O)(=O)c2ccc(C)cc2)cc1. The van der Waals surface area contributed by atoms with E-state index in [9.17, 15) is 45.6 Å². The van der Waals surface area contributed by atoms with Crippen LogP contribution >= 0.6 is 0 Å². The van der Waals surface area contributed by atoms with Crippen LogP contribution in [0.15, 0.2) is 94.8 Å². The van der Waals surface area contributed by atoms with Gasteiger partial charge in [-0.3, -0.25) is 0 Å². The lowest BCUT2D eigenvalue weighted by Crippen LogP contribution is -2.13. The zero-order chi connectivity index (χ0) is 31.5. The quantitative estimate of drug-likeness (QED) is 0.159. The monoisotopic (exact) mass is 620 g/mol. The summed E-state index contributed by atoms with van der Waals surface area (Å²) in [5, 5.41) is 0. The zero-order valence-corrected chi connectivity index (χ0v) is 23.2. The summed E-state index contributed by atoms with van der Waals surface area (Å²) >= 11 is 0. The Bertz CT molecular complexity index is 1570. The third-order valence-corrected chi connectivity index (χ3v) is 6.94. The highest BCUT2D eigenvalue weighted by Crippen LogP contribution is 2.14. The molecule has 14 nitrogen and oxygen atoms in total. The van der Waals surface area contributed by atoms with Crippen molar-refractivity contribution in [2.75, 3.05) is 0 Å². The summed E-state index contributed by atoms with van der Waals surface area (Å²) in [4.78, 5) is 69.2. The van der Waals surface area contributed by atoms with Crippen LogP contribution in [0.2, 0.25) is 0 Å². The number of carbonyl (C=O) groups is 6. The van der Waals surface area contributed by atoms with Gasteiger partial charge in [-0.25, -0.2) is 28.8 Å². The van der Waals surface area contributed by atoms with E-state index >= 15 is 0 Å². The van der Waals surface area contributed by atoms with Gasteiger partial charge in [0.2, 0.25) is 0 Å². The standard InChI is InChI=1S/C26H20O14S2/c1-17-3-7-19(8-4-17)41(33,34)39-25(31)15-13-23(29)37-21(27)11-12-22(28)38-24(30)14-16-26(32)40-42(35,36)20-9-5-18(2)6-10-20/h3-16H,1-2H3/b12-11+,15-13-,16-14-. The predicted molar refractivity (Wildman–Crippen MR) is 139 cm³/mol. The van der Waals surface area contributed by atoms with Crippen molar-refractivity contribution < 1.29 is 63.4 Å². The highest BCUT2D eigenvalue weighted by molar-refractivity contribution is 7.87. The Hall–Kier alpha value is -5.22. The number of aryl methyl sites for hydroxylation is 2. The normalized spacial score (nSPS) is 11.8. The Balaban J connectivity index is 1.80. The number of esters is 4. The van der Waals surface area contributed by atoms with Crippen molar-refractivity contribution in [1.82, 2.24) is 0 Å². The molecule has 0 saturated heterocycles. The maximum atomic E-state index is 12.0. The summed E-state index contributed by atoms with van der Waals surface area (Å²) in [6.45, 7) is 3.42. The molecule has 42 heavy (non-hydrogen) atoms. The number of hydrogen-bond acceptors (Lipinski definition) is 14. The van der Waals surface area contributed by atoms with Gasteiger partial charge in [-0.2, -0.15) is 16.8 Å². The van der Waals surface area contributed by atoms with Crippen molar-refractivity contribution in [3.8, 4) is 0 Å². The van der Waals surface area contributed by atoms with E-state index in [1.54, 1.807) is 13.8 Å². The Labute approximate surface area is 239 Å². The number of benzene rings is 2. The highest BCUT2D eigenvalue weighted by Gasteiger charge is 2.20. The molecule has 0 amide bonds. The molecule has 2 rings (SSSR count). The minimum Gasteiger partial charge on any atom is -0.387 e. The van der Waals surface area contributed by atoms with Gasteiger partial charge in [0.15, 0.2) is 0 Å². The van der Waals surface area contributed by atoms with Crippen molar-refractivity contribution in [2.24, 2.45) is 0 Å². The molecule has 0 fully saturated rings. The van der Waals surface area contributed by atoms with Gasteiger partial charge in [0.1, 0.15) is 9.79 Å². The van der Waals surface area contributed by atoms with Gasteiger partial charge in [0.25, 0.3) is 0 Å². The van der Waals surface area contributed by atoms with E-state index in [4.69, 9.17) is 0 Å². The van der Waals surface area contributed by atoms with Gasteiger partial charge in [-0.15, -0.1) is 0 Å². The van der Waals surface area contributed by atoms with Crippen molar-refractivity contribution in [3.05, 3.63) is 96.1 Å². The number of rotatable bonds is 10. The molecule has 0 heterocycles. The fraction of sp³-hybridized carbons (Fsp3) is 0.0769. The highest BCUT2D eigenvalue weighted by atomic mass is 32.2. The number of hydrogen-bond donors (Lipinski definition) is 0. The van der Waals surface area contributed by atoms with Crippen LogP contribution in [-0.4, -0.2) is 52.7 Å². The van der Waals surface area contributed by atoms with E-state index in [0.717, 1.165) is 11.1 Å². The zero-order valence-electron chi connectivity index (χ0n) is 21.6. The third kappa shape index (κ3) is 11.1. The molecule has 0 atom stereocenters. The first-order valence-corrected chi connectivity index (χ1v) is 14.0. The van der Waals surface area contributed by atoms with Crippen LogP contribution in [0.1, 0.15) is 11.1 Å².